The van der Waals surface area contributed by atoms with Gasteiger partial charge in [-0.1, -0.05) is 13.8 Å². The Labute approximate surface area is 110 Å². The number of halogens is 3. The normalized spacial score (nSPS) is 14.6. The summed E-state index contributed by atoms with van der Waals surface area (Å²) in [5, 5.41) is 8.83. The summed E-state index contributed by atoms with van der Waals surface area (Å²) in [6.45, 7) is 3.43. The number of carboxylic acids is 1. The second-order valence-corrected chi connectivity index (χ2v) is 6.55. The van der Waals surface area contributed by atoms with E-state index in [1.54, 1.807) is 13.8 Å². The van der Waals surface area contributed by atoms with Crippen LogP contribution in [-0.4, -0.2) is 37.5 Å². The minimum atomic E-state index is -4.42. The third kappa shape index (κ3) is 9.71. The van der Waals surface area contributed by atoms with Gasteiger partial charge >= 0.3 is 12.1 Å². The Morgan fingerprint density at radius 3 is 2.21 bits per heavy atom. The van der Waals surface area contributed by atoms with Crippen LogP contribution in [0, 0.1) is 5.92 Å². The average molecular weight is 305 g/mol. The molecule has 0 aliphatic carbocycles. The molecule has 1 atom stereocenters. The lowest BCUT2D eigenvalue weighted by Gasteiger charge is -2.16. The molecule has 0 saturated heterocycles. The van der Waals surface area contributed by atoms with Crippen molar-refractivity contribution in [3.05, 3.63) is 0 Å². The number of aliphatic carboxylic acids is 1. The standard InChI is InChI=1S/C10H18F3NO4S/c1-7(2)6-8(9(15)16)14-19(17,18)5-3-4-10(11,12)13/h7-8,14H,3-6H2,1-2H3,(H,15,16)/t8-/m0/s1. The van der Waals surface area contributed by atoms with Crippen molar-refractivity contribution in [2.24, 2.45) is 5.92 Å². The van der Waals surface area contributed by atoms with E-state index in [1.165, 1.54) is 0 Å². The number of carbonyl (C=O) groups is 1. The van der Waals surface area contributed by atoms with E-state index in [2.05, 4.69) is 0 Å². The van der Waals surface area contributed by atoms with Gasteiger partial charge in [-0.2, -0.15) is 13.2 Å². The van der Waals surface area contributed by atoms with E-state index in [9.17, 15) is 26.4 Å². The van der Waals surface area contributed by atoms with Crippen LogP contribution < -0.4 is 4.72 Å². The highest BCUT2D eigenvalue weighted by atomic mass is 32.2. The first kappa shape index (κ1) is 18.2. The topological polar surface area (TPSA) is 83.5 Å². The highest BCUT2D eigenvalue weighted by Gasteiger charge is 2.29. The molecule has 0 fully saturated rings. The molecule has 0 spiro atoms. The van der Waals surface area contributed by atoms with E-state index in [4.69, 9.17) is 5.11 Å². The highest BCUT2D eigenvalue weighted by Crippen LogP contribution is 2.21. The molecule has 0 aromatic carbocycles. The summed E-state index contributed by atoms with van der Waals surface area (Å²) in [4.78, 5) is 10.8. The Hall–Kier alpha value is -0.830. The summed E-state index contributed by atoms with van der Waals surface area (Å²) in [5.41, 5.74) is 0. The minimum Gasteiger partial charge on any atom is -0.480 e. The van der Waals surface area contributed by atoms with Gasteiger partial charge in [0.15, 0.2) is 0 Å². The van der Waals surface area contributed by atoms with E-state index >= 15 is 0 Å². The van der Waals surface area contributed by atoms with Gasteiger partial charge in [-0.05, 0) is 18.8 Å². The number of hydrogen-bond donors (Lipinski definition) is 2. The van der Waals surface area contributed by atoms with Crippen molar-refractivity contribution in [1.82, 2.24) is 4.72 Å². The van der Waals surface area contributed by atoms with Gasteiger partial charge < -0.3 is 5.11 Å². The van der Waals surface area contributed by atoms with Gasteiger partial charge in [0.1, 0.15) is 6.04 Å². The molecule has 0 aliphatic heterocycles. The average Bonchev–Trinajstić information content (AvgIpc) is 2.12. The largest absolute Gasteiger partial charge is 0.480 e. The monoisotopic (exact) mass is 305 g/mol. The van der Waals surface area contributed by atoms with Crippen molar-refractivity contribution in [3.63, 3.8) is 0 Å². The first-order chi connectivity index (χ1) is 8.43. The van der Waals surface area contributed by atoms with Gasteiger partial charge in [-0.3, -0.25) is 4.79 Å². The first-order valence-corrected chi connectivity index (χ1v) is 7.38. The van der Waals surface area contributed by atoms with Gasteiger partial charge in [0.25, 0.3) is 0 Å². The fraction of sp³-hybridized carbons (Fsp3) is 0.900. The van der Waals surface area contributed by atoms with Crippen molar-refractivity contribution in [3.8, 4) is 0 Å². The lowest BCUT2D eigenvalue weighted by Crippen LogP contribution is -2.42. The van der Waals surface area contributed by atoms with Gasteiger partial charge in [-0.15, -0.1) is 0 Å². The van der Waals surface area contributed by atoms with E-state index in [-0.39, 0.29) is 12.3 Å². The molecule has 0 heterocycles. The number of alkyl halides is 3. The zero-order valence-corrected chi connectivity index (χ0v) is 11.5. The number of carboxylic acid groups (broad SMARTS) is 1. The molecule has 0 aromatic rings. The molecule has 0 rings (SSSR count). The van der Waals surface area contributed by atoms with Crippen molar-refractivity contribution in [2.75, 3.05) is 5.75 Å². The van der Waals surface area contributed by atoms with Gasteiger partial charge in [0, 0.05) is 6.42 Å². The maximum Gasteiger partial charge on any atom is 0.389 e. The Balaban J connectivity index is 4.44. The van der Waals surface area contributed by atoms with E-state index in [1.807, 2.05) is 4.72 Å². The molecule has 9 heteroatoms. The van der Waals surface area contributed by atoms with Crippen LogP contribution in [-0.2, 0) is 14.8 Å². The van der Waals surface area contributed by atoms with E-state index in [0.29, 0.717) is 0 Å². The van der Waals surface area contributed by atoms with Gasteiger partial charge in [0.05, 0.1) is 5.75 Å². The summed E-state index contributed by atoms with van der Waals surface area (Å²) in [5.74, 6) is -2.14. The van der Waals surface area contributed by atoms with Crippen LogP contribution in [0.5, 0.6) is 0 Å². The number of sulfonamides is 1. The zero-order valence-electron chi connectivity index (χ0n) is 10.7. The van der Waals surface area contributed by atoms with Crippen molar-refractivity contribution < 1.29 is 31.5 Å². The molecule has 0 aliphatic rings. The predicted octanol–water partition coefficient (Wildman–Crippen LogP) is 1.75. The second-order valence-electron chi connectivity index (χ2n) is 4.68. The zero-order chi connectivity index (χ0) is 15.3. The molecule has 0 saturated carbocycles. The SMILES string of the molecule is CC(C)C[C@H](NS(=O)(=O)CCCC(F)(F)F)C(=O)O. The van der Waals surface area contributed by atoms with Crippen molar-refractivity contribution in [2.45, 2.75) is 45.3 Å². The number of hydrogen-bond acceptors (Lipinski definition) is 3. The molecule has 0 unspecified atom stereocenters. The number of rotatable bonds is 8. The quantitative estimate of drug-likeness (QED) is 0.715. The lowest BCUT2D eigenvalue weighted by atomic mass is 10.1. The van der Waals surface area contributed by atoms with Crippen molar-refractivity contribution >= 4 is 16.0 Å². The summed E-state index contributed by atoms with van der Waals surface area (Å²) < 4.78 is 60.5. The molecule has 114 valence electrons. The third-order valence-electron chi connectivity index (χ3n) is 2.20. The molecule has 5 nitrogen and oxygen atoms in total. The molecule has 0 radical (unpaired) electrons. The Kier molecular flexibility index (Phi) is 6.78. The Morgan fingerprint density at radius 2 is 1.84 bits per heavy atom. The van der Waals surface area contributed by atoms with Gasteiger partial charge in [0.2, 0.25) is 10.0 Å². The maximum absolute atomic E-state index is 11.9. The minimum absolute atomic E-state index is 0.0565. The van der Waals surface area contributed by atoms with Crippen LogP contribution in [0.25, 0.3) is 0 Å². The van der Waals surface area contributed by atoms with E-state index in [0.717, 1.165) is 0 Å². The fourth-order valence-electron chi connectivity index (χ4n) is 1.41. The molecule has 2 N–H and O–H groups in total. The summed E-state index contributed by atoms with van der Waals surface area (Å²) in [6.07, 6.45) is -6.14. The summed E-state index contributed by atoms with van der Waals surface area (Å²) in [7, 11) is -4.02. The van der Waals surface area contributed by atoms with Crippen LogP contribution in [0.1, 0.15) is 33.1 Å². The lowest BCUT2D eigenvalue weighted by molar-refractivity contribution is -0.139. The molecule has 0 amide bonds. The molecule has 19 heavy (non-hydrogen) atoms. The maximum atomic E-state index is 11.9. The van der Waals surface area contributed by atoms with Crippen molar-refractivity contribution in [1.29, 1.82) is 0 Å². The van der Waals surface area contributed by atoms with Crippen LogP contribution >= 0.6 is 0 Å². The molecule has 0 aromatic heterocycles. The highest BCUT2D eigenvalue weighted by molar-refractivity contribution is 7.89. The van der Waals surface area contributed by atoms with Crippen LogP contribution in [0.2, 0.25) is 0 Å². The second kappa shape index (κ2) is 7.09. The summed E-state index contributed by atoms with van der Waals surface area (Å²) in [6, 6.07) is -1.31. The Bertz CT molecular complexity index is 392. The smallest absolute Gasteiger partial charge is 0.389 e. The molecular weight excluding hydrogens is 287 g/mol. The van der Waals surface area contributed by atoms with E-state index < -0.39 is 46.8 Å². The Morgan fingerprint density at radius 1 is 1.32 bits per heavy atom. The van der Waals surface area contributed by atoms with Gasteiger partial charge in [-0.25, -0.2) is 13.1 Å². The van der Waals surface area contributed by atoms with Crippen LogP contribution in [0.4, 0.5) is 13.2 Å². The fourth-order valence-corrected chi connectivity index (χ4v) is 2.68. The molecule has 0 bridgehead atoms. The summed E-state index contributed by atoms with van der Waals surface area (Å²) >= 11 is 0. The third-order valence-corrected chi connectivity index (χ3v) is 3.67. The molecular formula is C10H18F3NO4S. The first-order valence-electron chi connectivity index (χ1n) is 5.72. The van der Waals surface area contributed by atoms with Crippen LogP contribution in [0.15, 0.2) is 0 Å². The number of nitrogens with one attached hydrogen (secondary N) is 1. The van der Waals surface area contributed by atoms with Crippen LogP contribution in [0.3, 0.4) is 0 Å². The predicted molar refractivity (Wildman–Crippen MR) is 63.1 cm³/mol.